The molecule has 5 rings (SSSR count). The molecule has 0 spiro atoms. The van der Waals surface area contributed by atoms with Crippen molar-refractivity contribution >= 4 is 16.7 Å². The second-order valence-electron chi connectivity index (χ2n) is 6.31. The number of hydrogen-bond acceptors (Lipinski definition) is 4. The fourth-order valence-corrected chi connectivity index (χ4v) is 3.69. The zero-order valence-electron chi connectivity index (χ0n) is 14.3. The van der Waals surface area contributed by atoms with Gasteiger partial charge in [0.2, 0.25) is 0 Å². The van der Waals surface area contributed by atoms with Gasteiger partial charge in [0.15, 0.2) is 11.6 Å². The number of hydrogen-bond donors (Lipinski definition) is 2. The largest absolute Gasteiger partial charge is 0.494 e. The highest BCUT2D eigenvalue weighted by Gasteiger charge is 2.28. The third-order valence-corrected chi connectivity index (χ3v) is 4.88. The molecule has 0 aliphatic heterocycles. The molecule has 5 nitrogen and oxygen atoms in total. The SMILES string of the molecule is COc1cc2[nH]c(-c3cccc4c3-c3ccccc3C4=NO)nc2cc1F. The molecule has 1 aromatic heterocycles. The lowest BCUT2D eigenvalue weighted by Crippen LogP contribution is -1.97. The predicted molar refractivity (Wildman–Crippen MR) is 101 cm³/mol. The number of nitrogens with one attached hydrogen (secondary N) is 1. The van der Waals surface area contributed by atoms with Crippen LogP contribution in [0.15, 0.2) is 59.8 Å². The van der Waals surface area contributed by atoms with E-state index in [0.29, 0.717) is 22.6 Å². The number of benzene rings is 3. The molecule has 0 saturated carbocycles. The third-order valence-electron chi connectivity index (χ3n) is 4.88. The smallest absolute Gasteiger partial charge is 0.167 e. The van der Waals surface area contributed by atoms with Crippen molar-refractivity contribution in [1.29, 1.82) is 0 Å². The molecular weight excluding hydrogens is 345 g/mol. The average Bonchev–Trinajstić information content (AvgIpc) is 3.25. The van der Waals surface area contributed by atoms with Crippen LogP contribution < -0.4 is 4.74 Å². The number of H-pyrrole nitrogens is 1. The summed E-state index contributed by atoms with van der Waals surface area (Å²) in [6.45, 7) is 0. The van der Waals surface area contributed by atoms with Gasteiger partial charge in [-0.3, -0.25) is 0 Å². The van der Waals surface area contributed by atoms with Crippen molar-refractivity contribution in [3.8, 4) is 28.3 Å². The Morgan fingerprint density at radius 2 is 1.74 bits per heavy atom. The number of imidazole rings is 1. The topological polar surface area (TPSA) is 70.5 Å². The first kappa shape index (κ1) is 15.6. The number of aromatic nitrogens is 2. The second kappa shape index (κ2) is 5.67. The Labute approximate surface area is 153 Å². The zero-order chi connectivity index (χ0) is 18.5. The average molecular weight is 359 g/mol. The van der Waals surface area contributed by atoms with Crippen molar-refractivity contribution in [3.05, 3.63) is 71.5 Å². The molecule has 3 aromatic carbocycles. The number of rotatable bonds is 2. The van der Waals surface area contributed by atoms with Crippen LogP contribution in [0.5, 0.6) is 5.75 Å². The summed E-state index contributed by atoms with van der Waals surface area (Å²) in [4.78, 5) is 7.81. The number of halogens is 1. The molecule has 0 fully saturated rings. The van der Waals surface area contributed by atoms with Gasteiger partial charge in [-0.2, -0.15) is 0 Å². The molecule has 0 bridgehead atoms. The maximum absolute atomic E-state index is 14.0. The van der Waals surface area contributed by atoms with E-state index in [1.54, 1.807) is 6.07 Å². The van der Waals surface area contributed by atoms with E-state index in [0.717, 1.165) is 27.8 Å². The molecule has 2 N–H and O–H groups in total. The van der Waals surface area contributed by atoms with Gasteiger partial charge in [-0.25, -0.2) is 9.37 Å². The highest BCUT2D eigenvalue weighted by molar-refractivity contribution is 6.26. The number of ether oxygens (including phenoxy) is 1. The first-order chi connectivity index (χ1) is 13.2. The summed E-state index contributed by atoms with van der Waals surface area (Å²) < 4.78 is 19.1. The summed E-state index contributed by atoms with van der Waals surface area (Å²) in [6, 6.07) is 16.5. The number of fused-ring (bicyclic) bond motifs is 4. The van der Waals surface area contributed by atoms with Crippen LogP contribution in [-0.2, 0) is 0 Å². The van der Waals surface area contributed by atoms with Crippen LogP contribution in [0.25, 0.3) is 33.5 Å². The maximum atomic E-state index is 14.0. The maximum Gasteiger partial charge on any atom is 0.167 e. The molecule has 132 valence electrons. The molecule has 0 radical (unpaired) electrons. The van der Waals surface area contributed by atoms with E-state index in [-0.39, 0.29) is 5.75 Å². The summed E-state index contributed by atoms with van der Waals surface area (Å²) >= 11 is 0. The minimum atomic E-state index is -0.457. The van der Waals surface area contributed by atoms with Gasteiger partial charge in [0.1, 0.15) is 11.5 Å². The molecule has 1 heterocycles. The molecule has 0 unspecified atom stereocenters. The van der Waals surface area contributed by atoms with E-state index in [1.165, 1.54) is 13.2 Å². The predicted octanol–water partition coefficient (Wildman–Crippen LogP) is 4.58. The third kappa shape index (κ3) is 2.16. The molecule has 27 heavy (non-hydrogen) atoms. The van der Waals surface area contributed by atoms with Crippen molar-refractivity contribution in [1.82, 2.24) is 9.97 Å². The second-order valence-corrected chi connectivity index (χ2v) is 6.31. The summed E-state index contributed by atoms with van der Waals surface area (Å²) in [7, 11) is 1.43. The van der Waals surface area contributed by atoms with E-state index in [2.05, 4.69) is 15.1 Å². The highest BCUT2D eigenvalue weighted by atomic mass is 19.1. The first-order valence-corrected chi connectivity index (χ1v) is 8.40. The lowest BCUT2D eigenvalue weighted by Gasteiger charge is -2.06. The van der Waals surface area contributed by atoms with Gasteiger partial charge in [0.05, 0.1) is 18.1 Å². The molecule has 0 atom stereocenters. The van der Waals surface area contributed by atoms with Crippen LogP contribution >= 0.6 is 0 Å². The van der Waals surface area contributed by atoms with Crippen molar-refractivity contribution < 1.29 is 14.3 Å². The van der Waals surface area contributed by atoms with Gasteiger partial charge in [0.25, 0.3) is 0 Å². The normalized spacial score (nSPS) is 13.8. The zero-order valence-corrected chi connectivity index (χ0v) is 14.3. The van der Waals surface area contributed by atoms with Gasteiger partial charge in [-0.1, -0.05) is 47.6 Å². The number of methoxy groups -OCH3 is 1. The van der Waals surface area contributed by atoms with Crippen molar-refractivity contribution in [2.75, 3.05) is 7.11 Å². The van der Waals surface area contributed by atoms with Gasteiger partial charge in [0, 0.05) is 34.4 Å². The van der Waals surface area contributed by atoms with Gasteiger partial charge in [-0.15, -0.1) is 0 Å². The van der Waals surface area contributed by atoms with Crippen LogP contribution in [0.3, 0.4) is 0 Å². The molecule has 6 heteroatoms. The Morgan fingerprint density at radius 3 is 2.52 bits per heavy atom. The van der Waals surface area contributed by atoms with Crippen LogP contribution in [0.1, 0.15) is 11.1 Å². The highest BCUT2D eigenvalue weighted by Crippen LogP contribution is 2.42. The van der Waals surface area contributed by atoms with Crippen molar-refractivity contribution in [2.24, 2.45) is 5.16 Å². The monoisotopic (exact) mass is 359 g/mol. The minimum absolute atomic E-state index is 0.163. The molecular formula is C21H14FN3O2. The number of nitrogens with zero attached hydrogens (tertiary/aromatic N) is 2. The first-order valence-electron chi connectivity index (χ1n) is 8.40. The van der Waals surface area contributed by atoms with Crippen molar-refractivity contribution in [2.45, 2.75) is 0 Å². The standard InChI is InChI=1S/C21H14FN3O2/c1-27-18-10-17-16(9-15(18)22)23-21(24-17)14-8-4-7-13-19(14)11-5-2-3-6-12(11)20(13)25-26/h2-10,26H,1H3,(H,23,24). The molecule has 4 aromatic rings. The van der Waals surface area contributed by atoms with E-state index in [9.17, 15) is 9.60 Å². The van der Waals surface area contributed by atoms with E-state index in [1.807, 2.05) is 42.5 Å². The van der Waals surface area contributed by atoms with Crippen LogP contribution in [0.2, 0.25) is 0 Å². The fraction of sp³-hybridized carbons (Fsp3) is 0.0476. The number of aromatic amines is 1. The molecule has 0 saturated heterocycles. The van der Waals surface area contributed by atoms with E-state index in [4.69, 9.17) is 4.74 Å². The van der Waals surface area contributed by atoms with Crippen molar-refractivity contribution in [3.63, 3.8) is 0 Å². The summed E-state index contributed by atoms with van der Waals surface area (Å²) in [6.07, 6.45) is 0. The lowest BCUT2D eigenvalue weighted by atomic mass is 9.99. The van der Waals surface area contributed by atoms with Gasteiger partial charge >= 0.3 is 0 Å². The van der Waals surface area contributed by atoms with Crippen LogP contribution in [0, 0.1) is 5.82 Å². The fourth-order valence-electron chi connectivity index (χ4n) is 3.69. The minimum Gasteiger partial charge on any atom is -0.494 e. The van der Waals surface area contributed by atoms with Gasteiger partial charge in [-0.05, 0) is 5.56 Å². The van der Waals surface area contributed by atoms with Gasteiger partial charge < -0.3 is 14.9 Å². The Morgan fingerprint density at radius 1 is 1.00 bits per heavy atom. The molecule has 0 amide bonds. The van der Waals surface area contributed by atoms with E-state index < -0.39 is 5.82 Å². The summed E-state index contributed by atoms with van der Waals surface area (Å²) in [5, 5.41) is 13.0. The Hall–Kier alpha value is -3.67. The number of oxime groups is 1. The Kier molecular flexibility index (Phi) is 3.27. The summed E-state index contributed by atoms with van der Waals surface area (Å²) in [5.41, 5.74) is 6.20. The quantitative estimate of drug-likeness (QED) is 0.358. The van der Waals surface area contributed by atoms with Crippen LogP contribution in [-0.4, -0.2) is 28.0 Å². The Bertz CT molecular complexity index is 1240. The Balaban J connectivity index is 1.78. The van der Waals surface area contributed by atoms with E-state index >= 15 is 0 Å². The lowest BCUT2D eigenvalue weighted by molar-refractivity contribution is 0.320. The molecule has 1 aliphatic rings. The van der Waals surface area contributed by atoms with Crippen LogP contribution in [0.4, 0.5) is 4.39 Å². The molecule has 1 aliphatic carbocycles. The summed E-state index contributed by atoms with van der Waals surface area (Å²) in [5.74, 6) is 0.320.